The fourth-order valence-electron chi connectivity index (χ4n) is 3.45. The lowest BCUT2D eigenvalue weighted by Gasteiger charge is -2.14. The van der Waals surface area contributed by atoms with Crippen molar-refractivity contribution in [3.63, 3.8) is 0 Å². The molecule has 2 aromatic rings. The maximum Gasteiger partial charge on any atom is 0.267 e. The van der Waals surface area contributed by atoms with Crippen molar-refractivity contribution in [2.75, 3.05) is 31.5 Å². The summed E-state index contributed by atoms with van der Waals surface area (Å²) in [6.07, 6.45) is 0.911. The topological polar surface area (TPSA) is 163 Å². The minimum absolute atomic E-state index is 0.0770. The quantitative estimate of drug-likeness (QED) is 0.185. The molecule has 0 spiro atoms. The van der Waals surface area contributed by atoms with E-state index in [1.165, 1.54) is 5.48 Å². The molecule has 10 heteroatoms. The van der Waals surface area contributed by atoms with Gasteiger partial charge in [-0.1, -0.05) is 11.8 Å². The molecule has 1 unspecified atom stereocenters. The minimum Gasteiger partial charge on any atom is -0.339 e. The molecular weight excluding hydrogens is 436 g/mol. The molecule has 3 amide bonds. The highest BCUT2D eigenvalue weighted by Crippen LogP contribution is 2.11. The van der Waals surface area contributed by atoms with E-state index >= 15 is 0 Å². The van der Waals surface area contributed by atoms with Crippen molar-refractivity contribution in [3.8, 4) is 11.8 Å². The maximum absolute atomic E-state index is 12.2. The third-order valence-corrected chi connectivity index (χ3v) is 5.31. The lowest BCUT2D eigenvalue weighted by atomic mass is 10.1. The second kappa shape index (κ2) is 11.9. The van der Waals surface area contributed by atoms with Gasteiger partial charge in [-0.25, -0.2) is 5.48 Å². The summed E-state index contributed by atoms with van der Waals surface area (Å²) in [6, 6.07) is 12.8. The van der Waals surface area contributed by atoms with Gasteiger partial charge in [0.2, 0.25) is 5.91 Å². The van der Waals surface area contributed by atoms with Crippen molar-refractivity contribution < 1.29 is 19.6 Å². The molecule has 2 aromatic carbocycles. The van der Waals surface area contributed by atoms with Crippen LogP contribution >= 0.6 is 0 Å². The third-order valence-electron chi connectivity index (χ3n) is 5.31. The average Bonchev–Trinajstić information content (AvgIpc) is 3.25. The van der Waals surface area contributed by atoms with E-state index in [2.05, 4.69) is 22.5 Å². The van der Waals surface area contributed by atoms with Crippen molar-refractivity contribution in [2.24, 2.45) is 11.5 Å². The summed E-state index contributed by atoms with van der Waals surface area (Å²) in [4.78, 5) is 37.9. The van der Waals surface area contributed by atoms with Gasteiger partial charge in [0.05, 0.1) is 6.54 Å². The molecule has 34 heavy (non-hydrogen) atoms. The second-order valence-corrected chi connectivity index (χ2v) is 7.97. The van der Waals surface area contributed by atoms with Crippen LogP contribution in [0.5, 0.6) is 0 Å². The first kappa shape index (κ1) is 24.9. The predicted octanol–water partition coefficient (Wildman–Crippen LogP) is -0.380. The summed E-state index contributed by atoms with van der Waals surface area (Å²) in [5.41, 5.74) is 15.3. The SMILES string of the molecule is NC[C@H](NC(=O)c1ccc(C#Cc2ccc(NC(=O)CN3CCC(N)C3)cc2)cc1)C(=O)NO. The van der Waals surface area contributed by atoms with Crippen LogP contribution < -0.4 is 27.6 Å². The van der Waals surface area contributed by atoms with E-state index in [1.54, 1.807) is 36.4 Å². The number of hydroxylamine groups is 1. The molecule has 1 aliphatic rings. The van der Waals surface area contributed by atoms with Crippen LogP contribution in [0, 0.1) is 11.8 Å². The summed E-state index contributed by atoms with van der Waals surface area (Å²) < 4.78 is 0. The van der Waals surface area contributed by atoms with Gasteiger partial charge in [0.1, 0.15) is 6.04 Å². The fraction of sp³-hybridized carbons (Fsp3) is 0.292. The number of carbonyl (C=O) groups excluding carboxylic acids is 3. The average molecular weight is 465 g/mol. The van der Waals surface area contributed by atoms with E-state index in [0.717, 1.165) is 25.1 Å². The Morgan fingerprint density at radius 1 is 1.06 bits per heavy atom. The molecule has 2 atom stereocenters. The monoisotopic (exact) mass is 464 g/mol. The maximum atomic E-state index is 12.2. The Hall–Kier alpha value is -3.75. The standard InChI is InChI=1S/C24H28N6O4/c25-13-21(24(33)29-34)28-23(32)18-7-3-16(4-8-18)1-2-17-5-9-20(10-6-17)27-22(31)15-30-12-11-19(26)14-30/h3-10,19,21,34H,11-15,25-26H2,(H,27,31)(H,28,32)(H,29,33)/t19?,21-/m0/s1. The second-order valence-electron chi connectivity index (χ2n) is 7.97. The van der Waals surface area contributed by atoms with Crippen LogP contribution in [0.4, 0.5) is 5.69 Å². The van der Waals surface area contributed by atoms with Crippen molar-refractivity contribution >= 4 is 23.4 Å². The van der Waals surface area contributed by atoms with E-state index in [-0.39, 0.29) is 18.5 Å². The molecule has 1 aliphatic heterocycles. The van der Waals surface area contributed by atoms with Crippen LogP contribution in [0.2, 0.25) is 0 Å². The summed E-state index contributed by atoms with van der Waals surface area (Å²) in [7, 11) is 0. The Morgan fingerprint density at radius 2 is 1.68 bits per heavy atom. The van der Waals surface area contributed by atoms with Crippen molar-refractivity contribution in [2.45, 2.75) is 18.5 Å². The highest BCUT2D eigenvalue weighted by Gasteiger charge is 2.21. The first-order valence-electron chi connectivity index (χ1n) is 10.8. The zero-order valence-electron chi connectivity index (χ0n) is 18.6. The minimum atomic E-state index is -1.04. The molecule has 0 aliphatic carbocycles. The molecule has 178 valence electrons. The van der Waals surface area contributed by atoms with E-state index in [1.807, 2.05) is 17.0 Å². The Kier molecular flexibility index (Phi) is 8.73. The van der Waals surface area contributed by atoms with Crippen LogP contribution in [0.3, 0.4) is 0 Å². The lowest BCUT2D eigenvalue weighted by molar-refractivity contribution is -0.130. The van der Waals surface area contributed by atoms with Gasteiger partial charge in [0.25, 0.3) is 11.8 Å². The van der Waals surface area contributed by atoms with Crippen LogP contribution in [-0.2, 0) is 9.59 Å². The fourth-order valence-corrected chi connectivity index (χ4v) is 3.45. The molecule has 8 N–H and O–H groups in total. The van der Waals surface area contributed by atoms with Crippen LogP contribution in [0.1, 0.15) is 27.9 Å². The molecule has 1 fully saturated rings. The number of benzene rings is 2. The normalized spacial score (nSPS) is 16.1. The molecule has 1 heterocycles. The van der Waals surface area contributed by atoms with Gasteiger partial charge in [0, 0.05) is 48.1 Å². The highest BCUT2D eigenvalue weighted by molar-refractivity contribution is 5.97. The number of carbonyl (C=O) groups is 3. The highest BCUT2D eigenvalue weighted by atomic mass is 16.5. The smallest absolute Gasteiger partial charge is 0.267 e. The van der Waals surface area contributed by atoms with Gasteiger partial charge in [0.15, 0.2) is 0 Å². The lowest BCUT2D eigenvalue weighted by Crippen LogP contribution is -2.50. The van der Waals surface area contributed by atoms with Gasteiger partial charge in [-0.3, -0.25) is 24.5 Å². The number of hydrogen-bond donors (Lipinski definition) is 6. The first-order valence-corrected chi connectivity index (χ1v) is 10.8. The number of nitrogens with one attached hydrogen (secondary N) is 3. The van der Waals surface area contributed by atoms with Crippen molar-refractivity contribution in [3.05, 3.63) is 65.2 Å². The molecule has 1 saturated heterocycles. The number of anilines is 1. The van der Waals surface area contributed by atoms with Gasteiger partial charge < -0.3 is 22.1 Å². The summed E-state index contributed by atoms with van der Waals surface area (Å²) in [5, 5.41) is 14.0. The summed E-state index contributed by atoms with van der Waals surface area (Å²) in [6.45, 7) is 1.74. The number of nitrogens with zero attached hydrogens (tertiary/aromatic N) is 1. The number of amides is 3. The van der Waals surface area contributed by atoms with Crippen molar-refractivity contribution in [1.29, 1.82) is 0 Å². The van der Waals surface area contributed by atoms with E-state index < -0.39 is 17.9 Å². The van der Waals surface area contributed by atoms with Gasteiger partial charge in [-0.15, -0.1) is 0 Å². The number of nitrogens with two attached hydrogens (primary N) is 2. The molecule has 0 radical (unpaired) electrons. The first-order chi connectivity index (χ1) is 16.4. The predicted molar refractivity (Wildman–Crippen MR) is 127 cm³/mol. The van der Waals surface area contributed by atoms with Crippen LogP contribution in [0.15, 0.2) is 48.5 Å². The summed E-state index contributed by atoms with van der Waals surface area (Å²) >= 11 is 0. The third kappa shape index (κ3) is 7.13. The Labute approximate surface area is 197 Å². The number of hydrogen-bond acceptors (Lipinski definition) is 7. The molecule has 3 rings (SSSR count). The van der Waals surface area contributed by atoms with Gasteiger partial charge in [-0.2, -0.15) is 0 Å². The number of rotatable bonds is 7. The van der Waals surface area contributed by atoms with Gasteiger partial charge >= 0.3 is 0 Å². The Bertz CT molecular complexity index is 1080. The molecule has 0 aromatic heterocycles. The molecule has 0 bridgehead atoms. The van der Waals surface area contributed by atoms with E-state index in [9.17, 15) is 14.4 Å². The summed E-state index contributed by atoms with van der Waals surface area (Å²) in [5.74, 6) is 4.68. The van der Waals surface area contributed by atoms with Gasteiger partial charge in [-0.05, 0) is 55.0 Å². The van der Waals surface area contributed by atoms with Crippen LogP contribution in [-0.4, -0.2) is 66.1 Å². The molecule has 10 nitrogen and oxygen atoms in total. The largest absolute Gasteiger partial charge is 0.339 e. The van der Waals surface area contributed by atoms with E-state index in [0.29, 0.717) is 23.4 Å². The van der Waals surface area contributed by atoms with Crippen molar-refractivity contribution in [1.82, 2.24) is 15.7 Å². The Balaban J connectivity index is 1.53. The molecular formula is C24H28N6O4. The molecule has 0 saturated carbocycles. The zero-order chi connectivity index (χ0) is 24.5. The number of likely N-dealkylation sites (tertiary alicyclic amines) is 1. The zero-order valence-corrected chi connectivity index (χ0v) is 18.6. The van der Waals surface area contributed by atoms with E-state index in [4.69, 9.17) is 16.7 Å². The Morgan fingerprint density at radius 3 is 2.21 bits per heavy atom. The van der Waals surface area contributed by atoms with Crippen LogP contribution in [0.25, 0.3) is 0 Å².